The number of allylic oxidation sites excluding steroid dienone is 6. The van der Waals surface area contributed by atoms with Gasteiger partial charge in [0, 0.05) is 0 Å². The lowest BCUT2D eigenvalue weighted by molar-refractivity contribution is 0.742. The Balaban J connectivity index is 0. The molecule has 0 N–H and O–H groups in total. The molecule has 0 atom stereocenters. The van der Waals surface area contributed by atoms with E-state index in [0.717, 1.165) is 11.3 Å². The first-order valence-corrected chi connectivity index (χ1v) is 6.14. The predicted octanol–water partition coefficient (Wildman–Crippen LogP) is 3.88. The van der Waals surface area contributed by atoms with Gasteiger partial charge in [0.15, 0.2) is 6.33 Å². The van der Waals surface area contributed by atoms with Gasteiger partial charge in [-0.2, -0.15) is 0 Å². The molecule has 1 rings (SSSR count). The van der Waals surface area contributed by atoms with Crippen LogP contribution in [0.5, 0.6) is 0 Å². The fraction of sp³-hybridized carbons (Fsp3) is 0.357. The van der Waals surface area contributed by atoms with E-state index in [4.69, 9.17) is 0 Å². The molecule has 0 amide bonds. The average molecular weight is 248 g/mol. The standard InChI is InChI=1S/C10H12N4.2C2H6/c1-4-9(3)6-7-10(5-2)14-12-8-11-13-14;2*1-2/h4-8H,1-2H2,3H3;2*1-2H3/b9-6-,10-7+;;. The highest BCUT2D eigenvalue weighted by Gasteiger charge is 1.95. The van der Waals surface area contributed by atoms with Crippen LogP contribution in [0.25, 0.3) is 5.70 Å². The number of aromatic nitrogens is 4. The third kappa shape index (κ3) is 7.33. The van der Waals surface area contributed by atoms with Crippen LogP contribution in [0.2, 0.25) is 0 Å². The molecule has 4 nitrogen and oxygen atoms in total. The molecular weight excluding hydrogens is 224 g/mol. The molecule has 100 valence electrons. The summed E-state index contributed by atoms with van der Waals surface area (Å²) in [5.41, 5.74) is 1.83. The third-order valence-corrected chi connectivity index (χ3v) is 1.63. The molecule has 0 aliphatic carbocycles. The van der Waals surface area contributed by atoms with Crippen molar-refractivity contribution >= 4 is 5.70 Å². The lowest BCUT2D eigenvalue weighted by Crippen LogP contribution is -1.98. The largest absolute Gasteiger partial charge is 0.162 e. The summed E-state index contributed by atoms with van der Waals surface area (Å²) in [6.07, 6.45) is 8.57. The van der Waals surface area contributed by atoms with Crippen molar-refractivity contribution in [3.8, 4) is 0 Å². The summed E-state index contributed by atoms with van der Waals surface area (Å²) in [7, 11) is 0. The van der Waals surface area contributed by atoms with Gasteiger partial charge < -0.3 is 0 Å². The van der Waals surface area contributed by atoms with Crippen LogP contribution in [0.4, 0.5) is 0 Å². The van der Waals surface area contributed by atoms with E-state index < -0.39 is 0 Å². The van der Waals surface area contributed by atoms with Crippen LogP contribution in [-0.4, -0.2) is 20.2 Å². The van der Waals surface area contributed by atoms with E-state index in [2.05, 4.69) is 28.6 Å². The Morgan fingerprint density at radius 1 is 1.06 bits per heavy atom. The molecule has 0 saturated heterocycles. The van der Waals surface area contributed by atoms with Gasteiger partial charge in [-0.1, -0.05) is 58.6 Å². The van der Waals surface area contributed by atoms with Crippen molar-refractivity contribution in [3.63, 3.8) is 0 Å². The first-order chi connectivity index (χ1) is 8.77. The monoisotopic (exact) mass is 248 g/mol. The van der Waals surface area contributed by atoms with Crippen LogP contribution in [0.3, 0.4) is 0 Å². The molecule has 1 heterocycles. The van der Waals surface area contributed by atoms with Gasteiger partial charge in [-0.05, 0) is 24.3 Å². The molecule has 0 bridgehead atoms. The molecule has 1 aromatic rings. The minimum atomic E-state index is 0.767. The number of nitrogens with zero attached hydrogens (tertiary/aromatic N) is 4. The van der Waals surface area contributed by atoms with Gasteiger partial charge in [0.2, 0.25) is 0 Å². The predicted molar refractivity (Wildman–Crippen MR) is 78.9 cm³/mol. The normalized spacial score (nSPS) is 10.5. The van der Waals surface area contributed by atoms with Gasteiger partial charge in [-0.25, -0.2) is 0 Å². The Morgan fingerprint density at radius 3 is 2.06 bits per heavy atom. The average Bonchev–Trinajstić information content (AvgIpc) is 2.98. The van der Waals surface area contributed by atoms with E-state index in [1.807, 2.05) is 46.8 Å². The molecule has 0 aromatic carbocycles. The summed E-state index contributed by atoms with van der Waals surface area (Å²) in [5, 5.41) is 11.3. The summed E-state index contributed by atoms with van der Waals surface area (Å²) >= 11 is 0. The van der Waals surface area contributed by atoms with E-state index in [0.29, 0.717) is 0 Å². The molecular formula is C14H24N4. The van der Waals surface area contributed by atoms with Gasteiger partial charge in [0.1, 0.15) is 0 Å². The fourth-order valence-electron chi connectivity index (χ4n) is 0.787. The number of rotatable bonds is 4. The Morgan fingerprint density at radius 2 is 1.67 bits per heavy atom. The third-order valence-electron chi connectivity index (χ3n) is 1.63. The number of tetrazole rings is 1. The molecule has 0 aliphatic heterocycles. The molecule has 0 radical (unpaired) electrons. The molecule has 0 unspecified atom stereocenters. The van der Waals surface area contributed by atoms with Crippen molar-refractivity contribution in [1.82, 2.24) is 20.2 Å². The molecule has 0 saturated carbocycles. The molecule has 18 heavy (non-hydrogen) atoms. The minimum absolute atomic E-state index is 0.767. The molecule has 0 spiro atoms. The van der Waals surface area contributed by atoms with Crippen molar-refractivity contribution in [3.05, 3.63) is 49.4 Å². The van der Waals surface area contributed by atoms with Gasteiger partial charge >= 0.3 is 0 Å². The van der Waals surface area contributed by atoms with Crippen LogP contribution >= 0.6 is 0 Å². The zero-order chi connectivity index (χ0) is 14.4. The van der Waals surface area contributed by atoms with E-state index in [1.54, 1.807) is 12.2 Å². The number of hydrogen-bond donors (Lipinski definition) is 0. The van der Waals surface area contributed by atoms with Crippen molar-refractivity contribution in [2.75, 3.05) is 0 Å². The van der Waals surface area contributed by atoms with Gasteiger partial charge in [-0.3, -0.25) is 0 Å². The zero-order valence-electron chi connectivity index (χ0n) is 12.1. The summed E-state index contributed by atoms with van der Waals surface area (Å²) in [6.45, 7) is 17.3. The maximum atomic E-state index is 3.89. The van der Waals surface area contributed by atoms with E-state index in [-0.39, 0.29) is 0 Å². The highest BCUT2D eigenvalue weighted by Crippen LogP contribution is 2.03. The Kier molecular flexibility index (Phi) is 13.4. The Labute approximate surface area is 110 Å². The molecule has 1 aromatic heterocycles. The molecule has 0 aliphatic rings. The topological polar surface area (TPSA) is 43.6 Å². The number of hydrogen-bond acceptors (Lipinski definition) is 3. The molecule has 0 fully saturated rings. The quantitative estimate of drug-likeness (QED) is 0.759. The first-order valence-electron chi connectivity index (χ1n) is 6.14. The van der Waals surface area contributed by atoms with Gasteiger partial charge in [0.25, 0.3) is 0 Å². The van der Waals surface area contributed by atoms with Crippen LogP contribution in [0.15, 0.2) is 49.4 Å². The lowest BCUT2D eigenvalue weighted by Gasteiger charge is -1.96. The maximum Gasteiger partial charge on any atom is 0.162 e. The fourth-order valence-corrected chi connectivity index (χ4v) is 0.787. The minimum Gasteiger partial charge on any atom is -0.135 e. The highest BCUT2D eigenvalue weighted by molar-refractivity contribution is 5.56. The smallest absolute Gasteiger partial charge is 0.135 e. The van der Waals surface area contributed by atoms with Crippen LogP contribution < -0.4 is 0 Å². The summed E-state index contributed by atoms with van der Waals surface area (Å²) < 4.78 is 0. The van der Waals surface area contributed by atoms with Crippen molar-refractivity contribution in [2.24, 2.45) is 0 Å². The van der Waals surface area contributed by atoms with Gasteiger partial charge in [-0.15, -0.1) is 15.0 Å². The summed E-state index contributed by atoms with van der Waals surface area (Å²) in [4.78, 5) is 1.40. The summed E-state index contributed by atoms with van der Waals surface area (Å²) in [5.74, 6) is 0. The van der Waals surface area contributed by atoms with E-state index in [9.17, 15) is 0 Å². The lowest BCUT2D eigenvalue weighted by atomic mass is 10.2. The van der Waals surface area contributed by atoms with Crippen molar-refractivity contribution < 1.29 is 0 Å². The van der Waals surface area contributed by atoms with E-state index >= 15 is 0 Å². The van der Waals surface area contributed by atoms with E-state index in [1.165, 1.54) is 11.1 Å². The first kappa shape index (κ1) is 18.4. The summed E-state index contributed by atoms with van der Waals surface area (Å²) in [6, 6.07) is 0. The van der Waals surface area contributed by atoms with Crippen molar-refractivity contribution in [1.29, 1.82) is 0 Å². The highest BCUT2D eigenvalue weighted by atomic mass is 15.6. The van der Waals surface area contributed by atoms with Crippen LogP contribution in [0, 0.1) is 0 Å². The maximum absolute atomic E-state index is 3.89. The second kappa shape index (κ2) is 13.1. The second-order valence-corrected chi connectivity index (χ2v) is 2.64. The zero-order valence-corrected chi connectivity index (χ0v) is 12.1. The Hall–Kier alpha value is -1.97. The van der Waals surface area contributed by atoms with Crippen molar-refractivity contribution in [2.45, 2.75) is 34.6 Å². The Bertz CT molecular complexity index is 373. The SMILES string of the molecule is C=C/C(C)=C\C=C(/C=C)n1ncnn1.CC.CC. The van der Waals surface area contributed by atoms with Crippen LogP contribution in [0.1, 0.15) is 34.6 Å². The molecule has 4 heteroatoms. The second-order valence-electron chi connectivity index (χ2n) is 2.64. The van der Waals surface area contributed by atoms with Gasteiger partial charge in [0.05, 0.1) is 5.70 Å². The van der Waals surface area contributed by atoms with Crippen LogP contribution in [-0.2, 0) is 0 Å².